The molecule has 1 saturated heterocycles. The topological polar surface area (TPSA) is 508 Å². The molecule has 3 aliphatic rings. The molecule has 32 nitrogen and oxygen atoms in total. The number of nitrogens with zero attached hydrogens (tertiary/aromatic N) is 3. The third-order valence-corrected chi connectivity index (χ3v) is 29.6. The number of aliphatic hydroxyl groups excluding tert-OH is 1. The molecule has 3 aromatic rings. The fraction of sp³-hybridized carbons (Fsp3) is 0.551. The van der Waals surface area contributed by atoms with Gasteiger partial charge in [-0.2, -0.15) is 38.2 Å². The van der Waals surface area contributed by atoms with Crippen LogP contribution in [0.25, 0.3) is 0 Å². The molecule has 498 valence electrons. The van der Waals surface area contributed by atoms with Crippen LogP contribution in [0.5, 0.6) is 0 Å². The molecule has 3 aliphatic heterocycles. The average molecular weight is 1410 g/mol. The number of amides is 1. The van der Waals surface area contributed by atoms with Gasteiger partial charge in [-0.1, -0.05) is 18.9 Å². The van der Waals surface area contributed by atoms with Crippen LogP contribution in [0.1, 0.15) is 95.1 Å². The standard InChI is InChI=1S/C49H72N6O26P4S4/c1-33-28-55(47(59)52-46(33)58)45-27-40(56)41(81-45)29-80-85(66,67)32-83(62,63)30-82(60,61)31-84(64,65)51-20-19-50-44(57)13-6-5-7-18-49(4)37-26-35(89(77,78)79)15-17-39(37)54(22-10-24-87(71,72)73)43(49)12-8-11-42-48(2,3)36-25-34(88(74,75)76)14-16-38(36)53(42)21-9-23-86(68,69)70/h8,11-12,14-17,25-26,28,40-41,45,56H,5-7,9-10,13,18-24,27,29-32H2,1-4H3,(H10-,50,51,52,57,58,59,60,61,62,63,64,65,66,67,68,69,70,71,72,73,74,75,76,77,78,79)/p+1/t40?,41-,45-,49?/m1/s1. The highest BCUT2D eigenvalue weighted by molar-refractivity contribution is 7.87. The Bertz CT molecular complexity index is 4120. The van der Waals surface area contributed by atoms with Gasteiger partial charge in [0.15, 0.2) is 5.71 Å². The third-order valence-electron chi connectivity index (χ3n) is 15.0. The lowest BCUT2D eigenvalue weighted by Gasteiger charge is -2.30. The van der Waals surface area contributed by atoms with E-state index in [0.29, 0.717) is 46.8 Å². The number of aryl methyl sites for hydroxylation is 1. The number of carbonyl (C=O) groups excluding carboxylic acids is 1. The number of fused-ring (bicyclic) bond motifs is 2. The maximum atomic E-state index is 13.0. The monoisotopic (exact) mass is 1410 g/mol. The van der Waals surface area contributed by atoms with Crippen molar-refractivity contribution < 1.29 is 113 Å². The number of unbranched alkanes of at least 4 members (excludes halogenated alkanes) is 2. The first-order valence-electron chi connectivity index (χ1n) is 27.3. The summed E-state index contributed by atoms with van der Waals surface area (Å²) in [5, 5.41) is 15.1. The van der Waals surface area contributed by atoms with E-state index < -0.39 is 169 Å². The number of hydrogen-bond donors (Lipinski definition) is 12. The van der Waals surface area contributed by atoms with Crippen LogP contribution in [-0.2, 0) is 83.6 Å². The number of H-pyrrole nitrogens is 1. The van der Waals surface area contributed by atoms with Crippen LogP contribution in [0.2, 0.25) is 0 Å². The van der Waals surface area contributed by atoms with Crippen LogP contribution in [0.3, 0.4) is 0 Å². The van der Waals surface area contributed by atoms with Crippen LogP contribution >= 0.6 is 29.9 Å². The van der Waals surface area contributed by atoms with Gasteiger partial charge in [-0.15, -0.1) is 0 Å². The molecule has 1 amide bonds. The van der Waals surface area contributed by atoms with Crippen molar-refractivity contribution >= 4 is 93.3 Å². The van der Waals surface area contributed by atoms with Crippen molar-refractivity contribution in [3.8, 4) is 0 Å². The van der Waals surface area contributed by atoms with Crippen LogP contribution in [-0.4, -0.2) is 177 Å². The van der Waals surface area contributed by atoms with Gasteiger partial charge in [0.2, 0.25) is 26.3 Å². The minimum Gasteiger partial charge on any atom is -0.390 e. The summed E-state index contributed by atoms with van der Waals surface area (Å²) in [6.45, 7) is 5.07. The molecule has 1 aromatic heterocycles. The van der Waals surface area contributed by atoms with Crippen LogP contribution in [0.4, 0.5) is 11.4 Å². The van der Waals surface area contributed by atoms with Crippen molar-refractivity contribution in [2.75, 3.05) is 66.9 Å². The second kappa shape index (κ2) is 28.2. The number of carbonyl (C=O) groups is 1. The van der Waals surface area contributed by atoms with E-state index in [0.717, 1.165) is 10.6 Å². The number of aromatic amines is 1. The van der Waals surface area contributed by atoms with Gasteiger partial charge in [-0.3, -0.25) is 55.6 Å². The third kappa shape index (κ3) is 20.1. The Morgan fingerprint density at radius 3 is 2.04 bits per heavy atom. The Morgan fingerprint density at radius 1 is 0.809 bits per heavy atom. The Kier molecular flexibility index (Phi) is 23.4. The summed E-state index contributed by atoms with van der Waals surface area (Å²) in [4.78, 5) is 81.7. The molecule has 0 aliphatic carbocycles. The number of aromatic nitrogens is 2. The SMILES string of the molecule is Cc1cn([C@H]2CC(O)[C@@H](COP(=O)(O)CP(=O)(O)CP(=O)(O)CP(=O)(O)NCCNC(=O)CCCCCC3(C)/C(=C\C=C\C4=[N+](CCCS(=O)(=O)O)c5ccc(S(=O)(=O)O)cc5C4(C)C)N(CCCS(=O)(=O)O)c4ccc(S(=O)(=O)O)cc43)O2)c(=O)[nH]c1=O. The summed E-state index contributed by atoms with van der Waals surface area (Å²) in [6.07, 6.45) is 2.95. The number of rotatable bonds is 32. The molecule has 6 unspecified atom stereocenters. The predicted molar refractivity (Wildman–Crippen MR) is 324 cm³/mol. The molecule has 0 saturated carbocycles. The number of hydrogen-bond acceptors (Lipinski definition) is 19. The minimum atomic E-state index is -5.09. The number of nitrogens with one attached hydrogen (secondary N) is 3. The number of aliphatic hydroxyl groups is 1. The zero-order valence-corrected chi connectivity index (χ0v) is 55.3. The molecule has 4 heterocycles. The highest BCUT2D eigenvalue weighted by atomic mass is 32.2. The molecule has 6 rings (SSSR count). The van der Waals surface area contributed by atoms with Gasteiger partial charge in [0.05, 0.1) is 39.4 Å². The normalized spacial score (nSPS) is 22.8. The number of benzene rings is 2. The van der Waals surface area contributed by atoms with Crippen molar-refractivity contribution in [2.45, 2.75) is 118 Å². The van der Waals surface area contributed by atoms with Gasteiger partial charge in [0, 0.05) is 85.2 Å². The average Bonchev–Trinajstić information content (AvgIpc) is 1.60. The van der Waals surface area contributed by atoms with E-state index in [2.05, 4.69) is 15.4 Å². The maximum absolute atomic E-state index is 13.0. The Balaban J connectivity index is 1.08. The van der Waals surface area contributed by atoms with Gasteiger partial charge >= 0.3 is 13.3 Å². The van der Waals surface area contributed by atoms with Gasteiger partial charge in [0.25, 0.3) is 53.6 Å². The lowest BCUT2D eigenvalue weighted by molar-refractivity contribution is -0.437. The molecule has 40 heteroatoms. The molecule has 0 radical (unpaired) electrons. The van der Waals surface area contributed by atoms with E-state index in [4.69, 9.17) is 9.26 Å². The predicted octanol–water partition coefficient (Wildman–Crippen LogP) is 3.29. The number of ether oxygens (including phenoxy) is 1. The number of anilines is 1. The Hall–Kier alpha value is -4.22. The molecule has 8 atom stereocenters. The number of allylic oxidation sites excluding steroid dienone is 4. The molecule has 12 N–H and O–H groups in total. The first-order valence-corrected chi connectivity index (χ1v) is 41.0. The second-order valence-corrected chi connectivity index (χ2v) is 38.6. The van der Waals surface area contributed by atoms with Crippen LogP contribution in [0.15, 0.2) is 85.9 Å². The molecule has 1 fully saturated rings. The zero-order valence-electron chi connectivity index (χ0n) is 48.5. The Morgan fingerprint density at radius 2 is 1.42 bits per heavy atom. The van der Waals surface area contributed by atoms with Crippen molar-refractivity contribution in [2.24, 2.45) is 0 Å². The van der Waals surface area contributed by atoms with Gasteiger partial charge < -0.3 is 44.2 Å². The van der Waals surface area contributed by atoms with Crippen molar-refractivity contribution in [3.63, 3.8) is 0 Å². The van der Waals surface area contributed by atoms with E-state index in [1.807, 2.05) is 0 Å². The summed E-state index contributed by atoms with van der Waals surface area (Å²) in [6, 6.07) is 7.75. The van der Waals surface area contributed by atoms with Crippen LogP contribution < -0.4 is 26.6 Å². The molecular weight excluding hydrogens is 1340 g/mol. The second-order valence-electron chi connectivity index (χ2n) is 22.6. The molecule has 89 heavy (non-hydrogen) atoms. The largest absolute Gasteiger partial charge is 0.390 e. The molecular formula is C49H73N6O26P4S4+. The molecule has 2 aromatic carbocycles. The first kappa shape index (κ1) is 73.8. The maximum Gasteiger partial charge on any atom is 0.337 e. The van der Waals surface area contributed by atoms with E-state index in [1.54, 1.807) is 48.5 Å². The lowest BCUT2D eigenvalue weighted by Crippen LogP contribution is -2.33. The van der Waals surface area contributed by atoms with Crippen molar-refractivity contribution in [1.29, 1.82) is 0 Å². The summed E-state index contributed by atoms with van der Waals surface area (Å²) in [5.74, 6) is -6.43. The van der Waals surface area contributed by atoms with Crippen LogP contribution in [0, 0.1) is 6.92 Å². The van der Waals surface area contributed by atoms with Gasteiger partial charge in [-0.05, 0) is 88.9 Å². The zero-order chi connectivity index (χ0) is 66.7. The fourth-order valence-corrected chi connectivity index (χ4v) is 24.2. The quantitative estimate of drug-likeness (QED) is 0.0185. The minimum absolute atomic E-state index is 0.0131. The van der Waals surface area contributed by atoms with Crippen molar-refractivity contribution in [3.05, 3.63) is 104 Å². The highest BCUT2D eigenvalue weighted by Crippen LogP contribution is 2.67. The van der Waals surface area contributed by atoms with E-state index in [-0.39, 0.29) is 63.7 Å². The van der Waals surface area contributed by atoms with Gasteiger partial charge in [0.1, 0.15) is 36.6 Å². The smallest absolute Gasteiger partial charge is 0.337 e. The van der Waals surface area contributed by atoms with E-state index in [9.17, 15) is 109 Å². The summed E-state index contributed by atoms with van der Waals surface area (Å²) >= 11 is 0. The van der Waals surface area contributed by atoms with E-state index >= 15 is 0 Å². The fourth-order valence-electron chi connectivity index (χ4n) is 10.9. The first-order chi connectivity index (χ1) is 40.7. The summed E-state index contributed by atoms with van der Waals surface area (Å²) in [7, 11) is -38.3. The Labute approximate surface area is 513 Å². The molecule has 0 spiro atoms. The van der Waals surface area contributed by atoms with E-state index in [1.165, 1.54) is 43.5 Å². The highest BCUT2D eigenvalue weighted by Gasteiger charge is 2.47. The summed E-state index contributed by atoms with van der Waals surface area (Å²) < 4.78 is 201. The van der Waals surface area contributed by atoms with Gasteiger partial charge in [-0.25, -0.2) is 9.88 Å². The lowest BCUT2D eigenvalue weighted by atomic mass is 9.77. The molecule has 0 bridgehead atoms. The summed E-state index contributed by atoms with van der Waals surface area (Å²) in [5.41, 5.74) is -0.826. The van der Waals surface area contributed by atoms with Crippen molar-refractivity contribution in [1.82, 2.24) is 20.0 Å².